The van der Waals surface area contributed by atoms with E-state index in [0.717, 1.165) is 0 Å². The number of benzene rings is 2. The largest absolute Gasteiger partial charge is 0.483 e. The van der Waals surface area contributed by atoms with Gasteiger partial charge in [0.05, 0.1) is 6.20 Å². The highest BCUT2D eigenvalue weighted by Crippen LogP contribution is 2.15. The normalized spacial score (nSPS) is 10.5. The van der Waals surface area contributed by atoms with E-state index in [-0.39, 0.29) is 30.2 Å². The Balaban J connectivity index is 1.71. The van der Waals surface area contributed by atoms with Crippen LogP contribution in [0.3, 0.4) is 0 Å². The summed E-state index contributed by atoms with van der Waals surface area (Å²) in [5, 5.41) is 3.33. The molecule has 0 saturated carbocycles. The summed E-state index contributed by atoms with van der Waals surface area (Å²) in [5.41, 5.74) is 1.23. The van der Waals surface area contributed by atoms with Crippen LogP contribution in [0, 0.1) is 12.7 Å². The quantitative estimate of drug-likeness (QED) is 0.675. The summed E-state index contributed by atoms with van der Waals surface area (Å²) in [6, 6.07) is 14.3. The molecule has 28 heavy (non-hydrogen) atoms. The zero-order valence-corrected chi connectivity index (χ0v) is 15.9. The van der Waals surface area contributed by atoms with Gasteiger partial charge in [-0.1, -0.05) is 29.8 Å². The Morgan fingerprint density at radius 1 is 1.18 bits per heavy atom. The molecule has 0 fully saturated rings. The first-order chi connectivity index (χ1) is 13.4. The van der Waals surface area contributed by atoms with E-state index in [2.05, 4.69) is 5.32 Å². The standard InChI is InChI=1S/C21H18ClFN2O3/c1-14-10-19(26)20(28-13-15-4-2-3-5-18(15)23)11-25(14)12-21(27)24-17-8-6-16(22)7-9-17/h2-11H,12-13H2,1H3,(H,24,27). The van der Waals surface area contributed by atoms with Gasteiger partial charge >= 0.3 is 0 Å². The van der Waals surface area contributed by atoms with Crippen molar-refractivity contribution in [2.75, 3.05) is 5.32 Å². The lowest BCUT2D eigenvalue weighted by molar-refractivity contribution is -0.116. The molecule has 7 heteroatoms. The molecule has 0 aliphatic rings. The van der Waals surface area contributed by atoms with Crippen LogP contribution in [0.1, 0.15) is 11.3 Å². The topological polar surface area (TPSA) is 60.3 Å². The lowest BCUT2D eigenvalue weighted by Gasteiger charge is -2.14. The van der Waals surface area contributed by atoms with E-state index in [4.69, 9.17) is 16.3 Å². The molecule has 0 aliphatic carbocycles. The highest BCUT2D eigenvalue weighted by atomic mass is 35.5. The average Bonchev–Trinajstić information content (AvgIpc) is 2.66. The third kappa shape index (κ3) is 4.98. The smallest absolute Gasteiger partial charge is 0.244 e. The van der Waals surface area contributed by atoms with Gasteiger partial charge in [-0.15, -0.1) is 0 Å². The molecule has 1 N–H and O–H groups in total. The second kappa shape index (κ2) is 8.71. The molecule has 1 aromatic heterocycles. The number of amides is 1. The number of carbonyl (C=O) groups excluding carboxylic acids is 1. The van der Waals surface area contributed by atoms with Gasteiger partial charge in [0.2, 0.25) is 11.3 Å². The van der Waals surface area contributed by atoms with Crippen molar-refractivity contribution >= 4 is 23.2 Å². The lowest BCUT2D eigenvalue weighted by Crippen LogP contribution is -2.22. The van der Waals surface area contributed by atoms with Gasteiger partial charge in [-0.25, -0.2) is 4.39 Å². The maximum absolute atomic E-state index is 13.7. The van der Waals surface area contributed by atoms with Crippen LogP contribution in [0.25, 0.3) is 0 Å². The summed E-state index contributed by atoms with van der Waals surface area (Å²) < 4.78 is 20.8. The molecule has 0 spiro atoms. The van der Waals surface area contributed by atoms with Crippen LogP contribution in [0.4, 0.5) is 10.1 Å². The Morgan fingerprint density at radius 2 is 1.89 bits per heavy atom. The van der Waals surface area contributed by atoms with Crippen molar-refractivity contribution in [1.82, 2.24) is 4.57 Å². The molecule has 0 atom stereocenters. The molecular formula is C21H18ClFN2O3. The molecule has 2 aromatic carbocycles. The maximum atomic E-state index is 13.7. The summed E-state index contributed by atoms with van der Waals surface area (Å²) >= 11 is 5.83. The van der Waals surface area contributed by atoms with Crippen molar-refractivity contribution in [1.29, 1.82) is 0 Å². The van der Waals surface area contributed by atoms with Crippen LogP contribution in [0.2, 0.25) is 5.02 Å². The van der Waals surface area contributed by atoms with Crippen LogP contribution in [-0.2, 0) is 17.9 Å². The van der Waals surface area contributed by atoms with Gasteiger partial charge in [-0.05, 0) is 37.3 Å². The third-order valence-corrected chi connectivity index (χ3v) is 4.34. The van der Waals surface area contributed by atoms with Crippen LogP contribution in [0.15, 0.2) is 65.6 Å². The molecule has 5 nitrogen and oxygen atoms in total. The minimum Gasteiger partial charge on any atom is -0.483 e. The predicted molar refractivity (Wildman–Crippen MR) is 106 cm³/mol. The Hall–Kier alpha value is -3.12. The number of ether oxygens (including phenoxy) is 1. The SMILES string of the molecule is Cc1cc(=O)c(OCc2ccccc2F)cn1CC(=O)Nc1ccc(Cl)cc1. The van der Waals surface area contributed by atoms with Crippen molar-refractivity contribution in [2.24, 2.45) is 0 Å². The molecule has 0 aliphatic heterocycles. The zero-order chi connectivity index (χ0) is 20.1. The molecule has 0 saturated heterocycles. The minimum atomic E-state index is -0.405. The van der Waals surface area contributed by atoms with Crippen LogP contribution < -0.4 is 15.5 Å². The Kier molecular flexibility index (Phi) is 6.11. The number of aromatic nitrogens is 1. The van der Waals surface area contributed by atoms with Crippen molar-refractivity contribution in [3.05, 3.63) is 93.1 Å². The summed E-state index contributed by atoms with van der Waals surface area (Å²) in [6.07, 6.45) is 1.46. The molecule has 3 rings (SSSR count). The number of anilines is 1. The maximum Gasteiger partial charge on any atom is 0.244 e. The Morgan fingerprint density at radius 3 is 2.61 bits per heavy atom. The minimum absolute atomic E-state index is 0.00913. The molecule has 144 valence electrons. The number of hydrogen-bond donors (Lipinski definition) is 1. The average molecular weight is 401 g/mol. The van der Waals surface area contributed by atoms with Crippen LogP contribution >= 0.6 is 11.6 Å². The number of rotatable bonds is 6. The molecule has 1 heterocycles. The summed E-state index contributed by atoms with van der Waals surface area (Å²) in [5.74, 6) is -0.625. The highest BCUT2D eigenvalue weighted by Gasteiger charge is 2.10. The van der Waals surface area contributed by atoms with E-state index >= 15 is 0 Å². The fraction of sp³-hybridized carbons (Fsp3) is 0.143. The number of aryl methyl sites for hydroxylation is 1. The van der Waals surface area contributed by atoms with E-state index in [0.29, 0.717) is 22.0 Å². The predicted octanol–water partition coefficient (Wildman–Crippen LogP) is 4.17. The van der Waals surface area contributed by atoms with Crippen LogP contribution in [-0.4, -0.2) is 10.5 Å². The first-order valence-corrected chi connectivity index (χ1v) is 8.93. The molecular weight excluding hydrogens is 383 g/mol. The lowest BCUT2D eigenvalue weighted by atomic mass is 10.2. The van der Waals surface area contributed by atoms with E-state index in [1.807, 2.05) is 0 Å². The monoisotopic (exact) mass is 400 g/mol. The number of halogens is 2. The molecule has 1 amide bonds. The van der Waals surface area contributed by atoms with Crippen molar-refractivity contribution < 1.29 is 13.9 Å². The first-order valence-electron chi connectivity index (χ1n) is 8.55. The number of carbonyl (C=O) groups is 1. The molecule has 0 bridgehead atoms. The zero-order valence-electron chi connectivity index (χ0n) is 15.1. The van der Waals surface area contributed by atoms with Gasteiger partial charge in [-0.2, -0.15) is 0 Å². The summed E-state index contributed by atoms with van der Waals surface area (Å²) in [7, 11) is 0. The summed E-state index contributed by atoms with van der Waals surface area (Å²) in [4.78, 5) is 24.5. The van der Waals surface area contributed by atoms with E-state index < -0.39 is 5.82 Å². The highest BCUT2D eigenvalue weighted by molar-refractivity contribution is 6.30. The van der Waals surface area contributed by atoms with E-state index in [1.165, 1.54) is 18.3 Å². The fourth-order valence-corrected chi connectivity index (χ4v) is 2.71. The van der Waals surface area contributed by atoms with E-state index in [9.17, 15) is 14.0 Å². The summed E-state index contributed by atoms with van der Waals surface area (Å²) in [6.45, 7) is 1.63. The van der Waals surface area contributed by atoms with Gasteiger partial charge in [-0.3, -0.25) is 9.59 Å². The van der Waals surface area contributed by atoms with Gasteiger partial charge in [0, 0.05) is 28.0 Å². The number of nitrogens with one attached hydrogen (secondary N) is 1. The second-order valence-corrected chi connectivity index (χ2v) is 6.64. The number of pyridine rings is 1. The first kappa shape index (κ1) is 19.6. The number of hydrogen-bond acceptors (Lipinski definition) is 3. The van der Waals surface area contributed by atoms with Crippen molar-refractivity contribution in [3.63, 3.8) is 0 Å². The van der Waals surface area contributed by atoms with Crippen molar-refractivity contribution in [3.8, 4) is 5.75 Å². The third-order valence-electron chi connectivity index (χ3n) is 4.09. The van der Waals surface area contributed by atoms with Gasteiger partial charge in [0.15, 0.2) is 5.75 Å². The number of nitrogens with zero attached hydrogens (tertiary/aromatic N) is 1. The van der Waals surface area contributed by atoms with Gasteiger partial charge in [0.25, 0.3) is 0 Å². The van der Waals surface area contributed by atoms with Crippen LogP contribution in [0.5, 0.6) is 5.75 Å². The molecule has 0 radical (unpaired) electrons. The molecule has 3 aromatic rings. The Bertz CT molecular complexity index is 1050. The molecule has 0 unspecified atom stereocenters. The fourth-order valence-electron chi connectivity index (χ4n) is 2.59. The van der Waals surface area contributed by atoms with Gasteiger partial charge < -0.3 is 14.6 Å². The van der Waals surface area contributed by atoms with Gasteiger partial charge in [0.1, 0.15) is 19.0 Å². The van der Waals surface area contributed by atoms with E-state index in [1.54, 1.807) is 54.0 Å². The van der Waals surface area contributed by atoms with Crippen molar-refractivity contribution in [2.45, 2.75) is 20.1 Å². The second-order valence-electron chi connectivity index (χ2n) is 6.21. The Labute approximate surface area is 166 Å².